The molecule has 27 valence electrons. The molecule has 0 aliphatic heterocycles. The minimum Gasteiger partial charge on any atom is 2.00 e. The van der Waals surface area contributed by atoms with Crippen molar-refractivity contribution >= 4 is 0 Å². The Bertz CT molecular complexity index is 23.1. The van der Waals surface area contributed by atoms with Gasteiger partial charge in [-0.1, -0.05) is 0 Å². The van der Waals surface area contributed by atoms with Crippen molar-refractivity contribution in [2.24, 2.45) is 0 Å². The molecule has 2 nitrogen and oxygen atoms in total. The molecule has 0 fully saturated rings. The van der Waals surface area contributed by atoms with Crippen LogP contribution in [-0.2, 0) is 28.8 Å². The Morgan fingerprint density at radius 3 is 0.800 bits per heavy atom. The number of hydrogen-bond acceptors (Lipinski definition) is 0. The third-order valence-corrected chi connectivity index (χ3v) is 0. The van der Waals surface area contributed by atoms with E-state index >= 15 is 0 Å². The van der Waals surface area contributed by atoms with Crippen molar-refractivity contribution in [2.45, 2.75) is 0 Å². The van der Waals surface area contributed by atoms with Gasteiger partial charge in [-0.05, 0) is 0 Å². The molecule has 0 bridgehead atoms. The van der Waals surface area contributed by atoms with Crippen LogP contribution in [0.25, 0.3) is 0 Å². The topological polar surface area (TPSA) is 39.8 Å². The third-order valence-electron chi connectivity index (χ3n) is 0. The van der Waals surface area contributed by atoms with Crippen LogP contribution in [0.1, 0.15) is 0 Å². The van der Waals surface area contributed by atoms with Gasteiger partial charge in [0, 0.05) is 0 Å². The number of hydrogen-bond donors (Lipinski definition) is 0. The van der Waals surface area contributed by atoms with Crippen LogP contribution in [0.15, 0.2) is 0 Å². The van der Waals surface area contributed by atoms with E-state index in [1.165, 1.54) is 0 Å². The van der Waals surface area contributed by atoms with Gasteiger partial charge in [-0.2, -0.15) is 0 Å². The molecule has 0 amide bonds. The minimum absolute atomic E-state index is 0. The van der Waals surface area contributed by atoms with E-state index in [4.69, 9.17) is 9.30 Å². The van der Waals surface area contributed by atoms with Gasteiger partial charge in [0.15, 0.2) is 0 Å². The standard InChI is InChI=1S/2CO.Rh/c2*1-2;/q;;+2. The van der Waals surface area contributed by atoms with Gasteiger partial charge < -0.3 is 0 Å². The molecule has 0 unspecified atom stereocenters. The monoisotopic (exact) mass is 159 g/mol. The Balaban J connectivity index is -0.0000000133. The van der Waals surface area contributed by atoms with Crippen molar-refractivity contribution in [3.8, 4) is 0 Å². The summed E-state index contributed by atoms with van der Waals surface area (Å²) in [7, 11) is 0. The van der Waals surface area contributed by atoms with E-state index in [0.29, 0.717) is 0 Å². The van der Waals surface area contributed by atoms with Gasteiger partial charge in [0.05, 0.1) is 0 Å². The molecule has 0 N–H and O–H groups in total. The van der Waals surface area contributed by atoms with E-state index in [9.17, 15) is 0 Å². The summed E-state index contributed by atoms with van der Waals surface area (Å²) in [6.07, 6.45) is 0. The maximum absolute atomic E-state index is 7.50. The van der Waals surface area contributed by atoms with Gasteiger partial charge in [-0.25, -0.2) is 0 Å². The Hall–Kier alpha value is 0.103. The van der Waals surface area contributed by atoms with Gasteiger partial charge in [0.25, 0.3) is 0 Å². The summed E-state index contributed by atoms with van der Waals surface area (Å²) in [6, 6.07) is 0. The first kappa shape index (κ1) is 19.4. The van der Waals surface area contributed by atoms with E-state index in [2.05, 4.69) is 13.3 Å². The van der Waals surface area contributed by atoms with Gasteiger partial charge in [-0.15, -0.1) is 0 Å². The zero-order chi connectivity index (χ0) is 4.00. The van der Waals surface area contributed by atoms with E-state index in [0.717, 1.165) is 0 Å². The second-order valence-electron chi connectivity index (χ2n) is 0. The van der Waals surface area contributed by atoms with Crippen LogP contribution in [0, 0.1) is 13.3 Å². The largest absolute Gasteiger partial charge is 2.00 e. The Kier molecular flexibility index (Phi) is 14400. The maximum Gasteiger partial charge on any atom is 2.00 e. The molecule has 5 heavy (non-hydrogen) atoms. The maximum atomic E-state index is 7.50. The van der Waals surface area contributed by atoms with E-state index in [1.54, 1.807) is 0 Å². The first-order chi connectivity index (χ1) is 2.00. The molecule has 0 aromatic rings. The predicted molar refractivity (Wildman–Crippen MR) is 7.86 cm³/mol. The average Bonchev–Trinajstić information content (AvgIpc) is 1.50. The number of rotatable bonds is 0. The van der Waals surface area contributed by atoms with Crippen LogP contribution in [0.2, 0.25) is 0 Å². The molecule has 0 rings (SSSR count). The predicted octanol–water partition coefficient (Wildman–Crippen LogP) is -0.0775. The summed E-state index contributed by atoms with van der Waals surface area (Å²) in [5.74, 6) is 0. The van der Waals surface area contributed by atoms with Crippen molar-refractivity contribution in [1.29, 1.82) is 0 Å². The molecule has 0 aromatic heterocycles. The summed E-state index contributed by atoms with van der Waals surface area (Å²) in [4.78, 5) is 0. The van der Waals surface area contributed by atoms with E-state index < -0.39 is 0 Å². The molecule has 3 heteroatoms. The molecule has 0 heterocycles. The van der Waals surface area contributed by atoms with Crippen LogP contribution in [-0.4, -0.2) is 0 Å². The first-order valence-corrected chi connectivity index (χ1v) is 0.408. The van der Waals surface area contributed by atoms with Crippen LogP contribution in [0.4, 0.5) is 0 Å². The second-order valence-corrected chi connectivity index (χ2v) is 0. The van der Waals surface area contributed by atoms with Crippen LogP contribution >= 0.6 is 0 Å². The summed E-state index contributed by atoms with van der Waals surface area (Å²) in [5, 5.41) is 0. The molecular formula is C2O2Rh+2. The van der Waals surface area contributed by atoms with Crippen molar-refractivity contribution in [1.82, 2.24) is 0 Å². The quantitative estimate of drug-likeness (QED) is 0.269. The Morgan fingerprint density at radius 2 is 0.800 bits per heavy atom. The molecule has 0 saturated carbocycles. The van der Waals surface area contributed by atoms with Crippen LogP contribution in [0.3, 0.4) is 0 Å². The van der Waals surface area contributed by atoms with Crippen LogP contribution < -0.4 is 0 Å². The molecule has 0 saturated heterocycles. The molecule has 1 radical (unpaired) electrons. The van der Waals surface area contributed by atoms with Crippen LogP contribution in [0.5, 0.6) is 0 Å². The normalized spacial score (nSPS) is 0.800. The average molecular weight is 159 g/mol. The minimum atomic E-state index is 0. The van der Waals surface area contributed by atoms with Crippen molar-refractivity contribution in [2.75, 3.05) is 0 Å². The smallest absolute Gasteiger partial charge is 2.00 e. The van der Waals surface area contributed by atoms with Crippen molar-refractivity contribution in [3.63, 3.8) is 0 Å². The van der Waals surface area contributed by atoms with Gasteiger partial charge in [-0.3, -0.25) is 0 Å². The molecule has 0 aromatic carbocycles. The van der Waals surface area contributed by atoms with Gasteiger partial charge in [0.1, 0.15) is 0 Å². The zero-order valence-corrected chi connectivity index (χ0v) is 3.79. The fourth-order valence-corrected chi connectivity index (χ4v) is 0. The third kappa shape index (κ3) is 1700. The fraction of sp³-hybridized carbons (Fsp3) is 0. The molecule has 0 aliphatic carbocycles. The van der Waals surface area contributed by atoms with E-state index in [1.807, 2.05) is 0 Å². The second kappa shape index (κ2) is 3700. The van der Waals surface area contributed by atoms with Crippen molar-refractivity contribution in [3.05, 3.63) is 13.3 Å². The fourth-order valence-electron chi connectivity index (χ4n) is 0. The first-order valence-electron chi connectivity index (χ1n) is 0.408. The Morgan fingerprint density at radius 1 is 0.800 bits per heavy atom. The zero-order valence-electron chi connectivity index (χ0n) is 2.15. The van der Waals surface area contributed by atoms with Gasteiger partial charge >= 0.3 is 42.1 Å². The summed E-state index contributed by atoms with van der Waals surface area (Å²) < 4.78 is 15.0. The molecule has 0 atom stereocenters. The molecule has 0 spiro atoms. The summed E-state index contributed by atoms with van der Waals surface area (Å²) >= 11 is 0. The van der Waals surface area contributed by atoms with Crippen molar-refractivity contribution < 1.29 is 28.8 Å². The molecular weight excluding hydrogens is 159 g/mol. The molecule has 0 aliphatic rings. The Labute approximate surface area is 42.8 Å². The SMILES string of the molecule is [C-]#[O+].[C-]#[O+].[Rh+2]. The van der Waals surface area contributed by atoms with Gasteiger partial charge in [0.2, 0.25) is 0 Å². The van der Waals surface area contributed by atoms with E-state index in [-0.39, 0.29) is 19.5 Å². The summed E-state index contributed by atoms with van der Waals surface area (Å²) in [5.41, 5.74) is 0. The summed E-state index contributed by atoms with van der Waals surface area (Å²) in [6.45, 7) is 9.00.